The summed E-state index contributed by atoms with van der Waals surface area (Å²) in [7, 11) is 1.66. The maximum Gasteiger partial charge on any atom is 0.139 e. The fourth-order valence-electron chi connectivity index (χ4n) is 3.36. The molecular weight excluding hydrogens is 294 g/mol. The summed E-state index contributed by atoms with van der Waals surface area (Å²) in [4.78, 5) is 0. The van der Waals surface area contributed by atoms with Crippen LogP contribution in [-0.4, -0.2) is 43.9 Å². The van der Waals surface area contributed by atoms with E-state index in [1.54, 1.807) is 13.3 Å². The van der Waals surface area contributed by atoms with Gasteiger partial charge in [-0.15, -0.1) is 0 Å². The van der Waals surface area contributed by atoms with Gasteiger partial charge in [-0.25, -0.2) is 4.68 Å². The molecule has 1 unspecified atom stereocenters. The SMILES string of the molecule is COCn1ncc(C)c1CN[C@@H]1CC(Cn2cccn2)C[C@H]1O. The van der Waals surface area contributed by atoms with E-state index in [2.05, 4.69) is 15.5 Å². The second kappa shape index (κ2) is 7.25. The molecular formula is C16H25N5O2. The smallest absolute Gasteiger partial charge is 0.139 e. The van der Waals surface area contributed by atoms with E-state index in [0.717, 1.165) is 30.6 Å². The van der Waals surface area contributed by atoms with Crippen molar-refractivity contribution >= 4 is 0 Å². The van der Waals surface area contributed by atoms with Crippen molar-refractivity contribution in [1.82, 2.24) is 24.9 Å². The summed E-state index contributed by atoms with van der Waals surface area (Å²) in [6.07, 6.45) is 7.07. The van der Waals surface area contributed by atoms with Gasteiger partial charge in [0.2, 0.25) is 0 Å². The van der Waals surface area contributed by atoms with E-state index in [1.807, 2.05) is 34.7 Å². The molecule has 7 heteroatoms. The van der Waals surface area contributed by atoms with Gasteiger partial charge >= 0.3 is 0 Å². The van der Waals surface area contributed by atoms with Gasteiger partial charge in [0.05, 0.1) is 18.0 Å². The molecule has 1 fully saturated rings. The Balaban J connectivity index is 1.55. The van der Waals surface area contributed by atoms with Crippen LogP contribution >= 0.6 is 0 Å². The van der Waals surface area contributed by atoms with Gasteiger partial charge in [0.25, 0.3) is 0 Å². The lowest BCUT2D eigenvalue weighted by Crippen LogP contribution is -2.36. The Labute approximate surface area is 136 Å². The third kappa shape index (κ3) is 3.80. The quantitative estimate of drug-likeness (QED) is 0.793. The lowest BCUT2D eigenvalue weighted by molar-refractivity contribution is 0.116. The van der Waals surface area contributed by atoms with Crippen molar-refractivity contribution < 1.29 is 9.84 Å². The molecule has 0 spiro atoms. The predicted octanol–water partition coefficient (Wildman–Crippen LogP) is 0.921. The van der Waals surface area contributed by atoms with Crippen molar-refractivity contribution in [2.45, 2.75) is 51.7 Å². The van der Waals surface area contributed by atoms with Crippen LogP contribution in [0.4, 0.5) is 0 Å². The zero-order valence-electron chi connectivity index (χ0n) is 13.7. The lowest BCUT2D eigenvalue weighted by atomic mass is 10.1. The van der Waals surface area contributed by atoms with E-state index in [9.17, 15) is 5.11 Å². The van der Waals surface area contributed by atoms with E-state index in [1.165, 1.54) is 0 Å². The minimum atomic E-state index is -0.310. The van der Waals surface area contributed by atoms with Crippen molar-refractivity contribution in [3.8, 4) is 0 Å². The standard InChI is InChI=1S/C16H25N5O2/c1-12-8-19-21(11-23-2)15(12)9-17-14-6-13(7-16(14)22)10-20-5-3-4-18-20/h3-5,8,13-14,16-17,22H,6-7,9-11H2,1-2H3/t13?,14-,16-/m1/s1. The highest BCUT2D eigenvalue weighted by atomic mass is 16.5. The van der Waals surface area contributed by atoms with Crippen LogP contribution in [0.5, 0.6) is 0 Å². The maximum atomic E-state index is 10.3. The minimum absolute atomic E-state index is 0.112. The third-order valence-corrected chi connectivity index (χ3v) is 4.57. The molecule has 2 aromatic rings. The highest BCUT2D eigenvalue weighted by Crippen LogP contribution is 2.27. The number of nitrogens with one attached hydrogen (secondary N) is 1. The minimum Gasteiger partial charge on any atom is -0.391 e. The van der Waals surface area contributed by atoms with Crippen LogP contribution in [0.25, 0.3) is 0 Å². The van der Waals surface area contributed by atoms with Gasteiger partial charge < -0.3 is 15.2 Å². The van der Waals surface area contributed by atoms with Gasteiger partial charge in [-0.05, 0) is 37.3 Å². The van der Waals surface area contributed by atoms with Gasteiger partial charge in [0, 0.05) is 38.6 Å². The number of aliphatic hydroxyl groups is 1. The van der Waals surface area contributed by atoms with Crippen LogP contribution in [0.15, 0.2) is 24.7 Å². The summed E-state index contributed by atoms with van der Waals surface area (Å²) in [5, 5.41) is 22.4. The molecule has 0 bridgehead atoms. The Morgan fingerprint density at radius 2 is 2.26 bits per heavy atom. The summed E-state index contributed by atoms with van der Waals surface area (Å²) in [5.74, 6) is 0.451. The number of ether oxygens (including phenoxy) is 1. The van der Waals surface area contributed by atoms with Gasteiger partial charge in [-0.3, -0.25) is 4.68 Å². The number of aromatic nitrogens is 4. The molecule has 1 aliphatic carbocycles. The first-order valence-electron chi connectivity index (χ1n) is 8.06. The lowest BCUT2D eigenvalue weighted by Gasteiger charge is -2.17. The molecule has 0 aliphatic heterocycles. The molecule has 1 aliphatic rings. The first kappa shape index (κ1) is 16.2. The molecule has 2 N–H and O–H groups in total. The number of aryl methyl sites for hydroxylation is 1. The Morgan fingerprint density at radius 3 is 3.00 bits per heavy atom. The van der Waals surface area contributed by atoms with Crippen molar-refractivity contribution in [1.29, 1.82) is 0 Å². The molecule has 2 aromatic heterocycles. The number of aliphatic hydroxyl groups excluding tert-OH is 1. The van der Waals surface area contributed by atoms with E-state index in [-0.39, 0.29) is 12.1 Å². The summed E-state index contributed by atoms with van der Waals surface area (Å²) >= 11 is 0. The number of hydrogen-bond acceptors (Lipinski definition) is 5. The average Bonchev–Trinajstić information content (AvgIpc) is 3.22. The molecule has 0 radical (unpaired) electrons. The Kier molecular flexibility index (Phi) is 5.09. The fraction of sp³-hybridized carbons (Fsp3) is 0.625. The van der Waals surface area contributed by atoms with Crippen molar-refractivity contribution in [3.05, 3.63) is 35.9 Å². The topological polar surface area (TPSA) is 77.1 Å². The molecule has 3 rings (SSSR count). The molecule has 1 saturated carbocycles. The van der Waals surface area contributed by atoms with E-state index in [0.29, 0.717) is 19.2 Å². The maximum absolute atomic E-state index is 10.3. The second-order valence-corrected chi connectivity index (χ2v) is 6.31. The molecule has 23 heavy (non-hydrogen) atoms. The number of hydrogen-bond donors (Lipinski definition) is 2. The zero-order valence-corrected chi connectivity index (χ0v) is 13.7. The molecule has 2 heterocycles. The average molecular weight is 319 g/mol. The van der Waals surface area contributed by atoms with Crippen LogP contribution in [0, 0.1) is 12.8 Å². The molecule has 0 aromatic carbocycles. The zero-order chi connectivity index (χ0) is 16.2. The Morgan fingerprint density at radius 1 is 1.39 bits per heavy atom. The van der Waals surface area contributed by atoms with Crippen LogP contribution in [0.3, 0.4) is 0 Å². The van der Waals surface area contributed by atoms with Gasteiger partial charge in [0.1, 0.15) is 6.73 Å². The number of nitrogens with zero attached hydrogens (tertiary/aromatic N) is 4. The number of methoxy groups -OCH3 is 1. The molecule has 7 nitrogen and oxygen atoms in total. The van der Waals surface area contributed by atoms with Crippen LogP contribution in [0.2, 0.25) is 0 Å². The van der Waals surface area contributed by atoms with E-state index < -0.39 is 0 Å². The highest BCUT2D eigenvalue weighted by molar-refractivity contribution is 5.15. The predicted molar refractivity (Wildman–Crippen MR) is 85.6 cm³/mol. The van der Waals surface area contributed by atoms with Crippen molar-refractivity contribution in [3.63, 3.8) is 0 Å². The fourth-order valence-corrected chi connectivity index (χ4v) is 3.36. The van der Waals surface area contributed by atoms with Crippen LogP contribution in [0.1, 0.15) is 24.1 Å². The third-order valence-electron chi connectivity index (χ3n) is 4.57. The number of rotatable bonds is 7. The summed E-state index contributed by atoms with van der Waals surface area (Å²) in [5.41, 5.74) is 2.24. The van der Waals surface area contributed by atoms with Gasteiger partial charge in [-0.1, -0.05) is 0 Å². The first-order valence-corrected chi connectivity index (χ1v) is 8.06. The Hall–Kier alpha value is -1.70. The van der Waals surface area contributed by atoms with E-state index in [4.69, 9.17) is 4.74 Å². The second-order valence-electron chi connectivity index (χ2n) is 6.31. The largest absolute Gasteiger partial charge is 0.391 e. The molecule has 0 saturated heterocycles. The monoisotopic (exact) mass is 319 g/mol. The molecule has 126 valence electrons. The molecule has 0 amide bonds. The van der Waals surface area contributed by atoms with Gasteiger partial charge in [-0.2, -0.15) is 10.2 Å². The Bertz CT molecular complexity index is 610. The van der Waals surface area contributed by atoms with Crippen LogP contribution in [-0.2, 0) is 24.6 Å². The summed E-state index contributed by atoms with van der Waals surface area (Å²) < 4.78 is 8.96. The van der Waals surface area contributed by atoms with Crippen molar-refractivity contribution in [2.75, 3.05) is 7.11 Å². The van der Waals surface area contributed by atoms with Crippen molar-refractivity contribution in [2.24, 2.45) is 5.92 Å². The first-order chi connectivity index (χ1) is 11.2. The van der Waals surface area contributed by atoms with Gasteiger partial charge in [0.15, 0.2) is 0 Å². The molecule has 3 atom stereocenters. The van der Waals surface area contributed by atoms with Crippen LogP contribution < -0.4 is 5.32 Å². The summed E-state index contributed by atoms with van der Waals surface area (Å²) in [6, 6.07) is 2.04. The van der Waals surface area contributed by atoms with E-state index >= 15 is 0 Å². The normalized spacial score (nSPS) is 24.4. The summed E-state index contributed by atoms with van der Waals surface area (Å²) in [6.45, 7) is 4.04. The highest BCUT2D eigenvalue weighted by Gasteiger charge is 2.33.